The van der Waals surface area contributed by atoms with Crippen LogP contribution < -0.4 is 10.1 Å². The zero-order valence-corrected chi connectivity index (χ0v) is 12.7. The fourth-order valence-corrected chi connectivity index (χ4v) is 2.79. The van der Waals surface area contributed by atoms with Gasteiger partial charge in [0.2, 0.25) is 0 Å². The largest absolute Gasteiger partial charge is 0.496 e. The molecule has 1 unspecified atom stereocenters. The van der Waals surface area contributed by atoms with Crippen molar-refractivity contribution >= 4 is 5.91 Å². The molecule has 0 bridgehead atoms. The molecule has 3 rings (SSSR count). The van der Waals surface area contributed by atoms with Gasteiger partial charge in [-0.1, -0.05) is 39.0 Å². The summed E-state index contributed by atoms with van der Waals surface area (Å²) in [6, 6.07) is 7.50. The Morgan fingerprint density at radius 2 is 1.95 bits per heavy atom. The Labute approximate surface area is 123 Å². The highest BCUT2D eigenvalue weighted by molar-refractivity contribution is 5.98. The van der Waals surface area contributed by atoms with E-state index in [1.807, 2.05) is 24.3 Å². The number of fused-ring (bicyclic) bond motifs is 1. The molecule has 0 saturated carbocycles. The average Bonchev–Trinajstić information content (AvgIpc) is 3.00. The van der Waals surface area contributed by atoms with Crippen molar-refractivity contribution in [2.45, 2.75) is 32.2 Å². The van der Waals surface area contributed by atoms with E-state index < -0.39 is 0 Å². The van der Waals surface area contributed by atoms with Crippen molar-refractivity contribution in [1.82, 2.24) is 15.5 Å². The summed E-state index contributed by atoms with van der Waals surface area (Å²) in [5.41, 5.74) is 3.21. The Morgan fingerprint density at radius 3 is 2.62 bits per heavy atom. The van der Waals surface area contributed by atoms with Gasteiger partial charge < -0.3 is 10.1 Å². The van der Waals surface area contributed by atoms with Crippen LogP contribution in [0.5, 0.6) is 5.75 Å². The van der Waals surface area contributed by atoms with Crippen molar-refractivity contribution in [1.29, 1.82) is 0 Å². The molecule has 0 aliphatic carbocycles. The first-order chi connectivity index (χ1) is 9.93. The molecule has 21 heavy (non-hydrogen) atoms. The summed E-state index contributed by atoms with van der Waals surface area (Å²) < 4.78 is 5.43. The molecule has 2 aromatic rings. The van der Waals surface area contributed by atoms with Gasteiger partial charge in [-0.2, -0.15) is 5.10 Å². The predicted molar refractivity (Wildman–Crippen MR) is 79.6 cm³/mol. The minimum Gasteiger partial charge on any atom is -0.496 e. The van der Waals surface area contributed by atoms with Crippen molar-refractivity contribution in [3.05, 3.63) is 46.8 Å². The number of hydrogen-bond donors (Lipinski definition) is 2. The Balaban J connectivity index is 2.17. The van der Waals surface area contributed by atoms with Gasteiger partial charge >= 0.3 is 0 Å². The molecule has 1 aromatic heterocycles. The normalized spacial score (nSPS) is 17.5. The van der Waals surface area contributed by atoms with Crippen LogP contribution in [0, 0.1) is 0 Å². The Morgan fingerprint density at radius 1 is 1.24 bits per heavy atom. The topological polar surface area (TPSA) is 67.0 Å². The van der Waals surface area contributed by atoms with Gasteiger partial charge in [0.05, 0.1) is 13.2 Å². The SMILES string of the molecule is COc1ccccc1C1NC(=O)c2n[nH]c(C(C)(C)C)c21. The van der Waals surface area contributed by atoms with Crippen molar-refractivity contribution in [2.75, 3.05) is 7.11 Å². The number of benzene rings is 1. The van der Waals surface area contributed by atoms with E-state index in [9.17, 15) is 4.79 Å². The summed E-state index contributed by atoms with van der Waals surface area (Å²) in [4.78, 5) is 12.2. The van der Waals surface area contributed by atoms with Gasteiger partial charge in [0.25, 0.3) is 5.91 Å². The highest BCUT2D eigenvalue weighted by Crippen LogP contribution is 2.39. The van der Waals surface area contributed by atoms with Gasteiger partial charge in [0, 0.05) is 22.2 Å². The lowest BCUT2D eigenvalue weighted by Crippen LogP contribution is -2.23. The maximum absolute atomic E-state index is 12.2. The monoisotopic (exact) mass is 285 g/mol. The first kappa shape index (κ1) is 13.7. The van der Waals surface area contributed by atoms with E-state index in [2.05, 4.69) is 36.3 Å². The quantitative estimate of drug-likeness (QED) is 0.891. The van der Waals surface area contributed by atoms with Crippen LogP contribution in [0.4, 0.5) is 0 Å². The van der Waals surface area contributed by atoms with Gasteiger partial charge in [0.1, 0.15) is 5.75 Å². The number of nitrogens with one attached hydrogen (secondary N) is 2. The second kappa shape index (κ2) is 4.62. The van der Waals surface area contributed by atoms with Crippen LogP contribution in [-0.2, 0) is 5.41 Å². The molecule has 110 valence electrons. The van der Waals surface area contributed by atoms with Gasteiger partial charge in [-0.05, 0) is 6.07 Å². The molecule has 0 saturated heterocycles. The Hall–Kier alpha value is -2.30. The fourth-order valence-electron chi connectivity index (χ4n) is 2.79. The maximum Gasteiger partial charge on any atom is 0.272 e. The van der Waals surface area contributed by atoms with Crippen molar-refractivity contribution in [2.24, 2.45) is 0 Å². The molecule has 0 spiro atoms. The number of rotatable bonds is 2. The highest BCUT2D eigenvalue weighted by Gasteiger charge is 2.39. The predicted octanol–water partition coefficient (Wildman–Crippen LogP) is 2.55. The molecule has 1 aromatic carbocycles. The van der Waals surface area contributed by atoms with E-state index in [0.717, 1.165) is 22.6 Å². The number of methoxy groups -OCH3 is 1. The zero-order valence-electron chi connectivity index (χ0n) is 12.7. The first-order valence-electron chi connectivity index (χ1n) is 6.96. The molecular formula is C16H19N3O2. The van der Waals surface area contributed by atoms with Crippen LogP contribution in [0.15, 0.2) is 24.3 Å². The van der Waals surface area contributed by atoms with Crippen molar-refractivity contribution < 1.29 is 9.53 Å². The van der Waals surface area contributed by atoms with Gasteiger partial charge in [0.15, 0.2) is 5.69 Å². The van der Waals surface area contributed by atoms with Gasteiger partial charge in [-0.25, -0.2) is 0 Å². The third kappa shape index (κ3) is 2.09. The van der Waals surface area contributed by atoms with E-state index in [0.29, 0.717) is 5.69 Å². The number of H-pyrrole nitrogens is 1. The second-order valence-electron chi connectivity index (χ2n) is 6.26. The summed E-state index contributed by atoms with van der Waals surface area (Å²) in [6.45, 7) is 6.30. The van der Waals surface area contributed by atoms with Crippen LogP contribution in [-0.4, -0.2) is 23.2 Å². The molecule has 1 aliphatic heterocycles. The number of carbonyl (C=O) groups excluding carboxylic acids is 1. The fraction of sp³-hybridized carbons (Fsp3) is 0.375. The molecule has 0 radical (unpaired) electrons. The van der Waals surface area contributed by atoms with Crippen LogP contribution in [0.3, 0.4) is 0 Å². The van der Waals surface area contributed by atoms with Crippen LogP contribution in [0.2, 0.25) is 0 Å². The highest BCUT2D eigenvalue weighted by atomic mass is 16.5. The number of nitrogens with zero attached hydrogens (tertiary/aromatic N) is 1. The standard InChI is InChI=1S/C16H19N3O2/c1-16(2,3)14-11-12(17-15(20)13(11)18-19-14)9-7-5-6-8-10(9)21-4/h5-8,12H,1-4H3,(H,17,20)(H,18,19). The van der Waals surface area contributed by atoms with Gasteiger partial charge in [-0.15, -0.1) is 0 Å². The summed E-state index contributed by atoms with van der Waals surface area (Å²) in [5, 5.41) is 10.2. The number of para-hydroxylation sites is 1. The minimum atomic E-state index is -0.225. The molecule has 5 nitrogen and oxygen atoms in total. The zero-order chi connectivity index (χ0) is 15.2. The van der Waals surface area contributed by atoms with Crippen LogP contribution in [0.25, 0.3) is 0 Å². The molecule has 2 heterocycles. The Bertz CT molecular complexity index is 698. The lowest BCUT2D eigenvalue weighted by Gasteiger charge is -2.22. The number of aromatic amines is 1. The van der Waals surface area contributed by atoms with Crippen molar-refractivity contribution in [3.8, 4) is 5.75 Å². The maximum atomic E-state index is 12.2. The lowest BCUT2D eigenvalue weighted by molar-refractivity contribution is 0.0955. The molecule has 2 N–H and O–H groups in total. The molecule has 5 heteroatoms. The molecule has 1 amide bonds. The van der Waals surface area contributed by atoms with E-state index in [-0.39, 0.29) is 17.4 Å². The van der Waals surface area contributed by atoms with E-state index in [1.54, 1.807) is 7.11 Å². The summed E-state index contributed by atoms with van der Waals surface area (Å²) >= 11 is 0. The number of aromatic nitrogens is 2. The van der Waals surface area contributed by atoms with E-state index >= 15 is 0 Å². The van der Waals surface area contributed by atoms with Gasteiger partial charge in [-0.3, -0.25) is 9.89 Å². The smallest absolute Gasteiger partial charge is 0.272 e. The number of carbonyl (C=O) groups is 1. The number of ether oxygens (including phenoxy) is 1. The molecule has 0 fully saturated rings. The minimum absolute atomic E-state index is 0.118. The van der Waals surface area contributed by atoms with E-state index in [4.69, 9.17) is 4.74 Å². The molecule has 1 atom stereocenters. The first-order valence-corrected chi connectivity index (χ1v) is 6.96. The van der Waals surface area contributed by atoms with Crippen LogP contribution >= 0.6 is 0 Å². The Kier molecular flexibility index (Phi) is 3.01. The van der Waals surface area contributed by atoms with Crippen LogP contribution in [0.1, 0.15) is 54.1 Å². The summed E-state index contributed by atoms with van der Waals surface area (Å²) in [7, 11) is 1.64. The second-order valence-corrected chi connectivity index (χ2v) is 6.26. The number of hydrogen-bond acceptors (Lipinski definition) is 3. The molecular weight excluding hydrogens is 266 g/mol. The average molecular weight is 285 g/mol. The molecule has 1 aliphatic rings. The summed E-state index contributed by atoms with van der Waals surface area (Å²) in [6.07, 6.45) is 0. The van der Waals surface area contributed by atoms with E-state index in [1.165, 1.54) is 0 Å². The summed E-state index contributed by atoms with van der Waals surface area (Å²) in [5.74, 6) is 0.615. The van der Waals surface area contributed by atoms with Crippen molar-refractivity contribution in [3.63, 3.8) is 0 Å². The lowest BCUT2D eigenvalue weighted by atomic mass is 9.86. The third-order valence-electron chi connectivity index (χ3n) is 3.78. The third-order valence-corrected chi connectivity index (χ3v) is 3.78. The number of amides is 1.